The third-order valence-corrected chi connectivity index (χ3v) is 3.75. The minimum Gasteiger partial charge on any atom is -0.469 e. The van der Waals surface area contributed by atoms with Crippen molar-refractivity contribution in [2.45, 2.75) is 6.92 Å². The number of esters is 1. The van der Waals surface area contributed by atoms with Crippen LogP contribution in [-0.2, 0) is 14.3 Å². The molecule has 1 unspecified atom stereocenters. The molecule has 0 radical (unpaired) electrons. The van der Waals surface area contributed by atoms with Crippen LogP contribution in [0.3, 0.4) is 0 Å². The zero-order valence-corrected chi connectivity index (χ0v) is 15.5. The Balaban J connectivity index is 2.82. The number of amides is 1. The second-order valence-corrected chi connectivity index (χ2v) is 6.19. The Morgan fingerprint density at radius 3 is 2.35 bits per heavy atom. The molecule has 0 saturated carbocycles. The number of hydrogen-bond acceptors (Lipinski definition) is 6. The molecule has 0 aliphatic heterocycles. The molecule has 0 fully saturated rings. The molecule has 0 aliphatic carbocycles. The van der Waals surface area contributed by atoms with Gasteiger partial charge in [-0.15, -0.1) is 0 Å². The van der Waals surface area contributed by atoms with Crippen LogP contribution in [0.25, 0.3) is 6.08 Å². The number of nitrogens with zero attached hydrogens (tertiary/aromatic N) is 3. The number of ether oxygens (including phenoxy) is 1. The molecule has 0 aromatic heterocycles. The van der Waals surface area contributed by atoms with Crippen molar-refractivity contribution in [2.75, 3.05) is 40.8 Å². The Morgan fingerprint density at radius 2 is 1.85 bits per heavy atom. The van der Waals surface area contributed by atoms with Gasteiger partial charge in [-0.05, 0) is 37.9 Å². The standard InChI is InChI=1S/C18H25N3O5/c1-14(18(23)26-4)13-20(12-11-19(2)3)17(22)10-7-15-5-8-16(9-6-15)21(24)25/h5-10,14H,11-13H2,1-4H3/b10-7+. The van der Waals surface area contributed by atoms with E-state index in [9.17, 15) is 19.7 Å². The van der Waals surface area contributed by atoms with Crippen molar-refractivity contribution in [1.29, 1.82) is 0 Å². The number of methoxy groups -OCH3 is 1. The molecule has 0 bridgehead atoms. The molecular formula is C18H25N3O5. The number of carbonyl (C=O) groups excluding carboxylic acids is 2. The van der Waals surface area contributed by atoms with Gasteiger partial charge in [0.1, 0.15) is 0 Å². The summed E-state index contributed by atoms with van der Waals surface area (Å²) in [7, 11) is 5.12. The van der Waals surface area contributed by atoms with Crippen molar-refractivity contribution in [1.82, 2.24) is 9.80 Å². The van der Waals surface area contributed by atoms with Gasteiger partial charge in [-0.1, -0.05) is 6.92 Å². The lowest BCUT2D eigenvalue weighted by atomic mass is 10.1. The maximum atomic E-state index is 12.5. The summed E-state index contributed by atoms with van der Waals surface area (Å²) in [5.41, 5.74) is 0.672. The maximum Gasteiger partial charge on any atom is 0.310 e. The molecule has 1 aromatic carbocycles. The number of rotatable bonds is 9. The van der Waals surface area contributed by atoms with Crippen LogP contribution < -0.4 is 0 Å². The van der Waals surface area contributed by atoms with Gasteiger partial charge in [0.2, 0.25) is 5.91 Å². The normalized spacial score (nSPS) is 12.2. The molecule has 0 saturated heterocycles. The van der Waals surface area contributed by atoms with E-state index < -0.39 is 10.8 Å². The summed E-state index contributed by atoms with van der Waals surface area (Å²) in [6.45, 7) is 3.09. The van der Waals surface area contributed by atoms with E-state index in [0.29, 0.717) is 18.7 Å². The third kappa shape index (κ3) is 7.02. The first-order valence-corrected chi connectivity index (χ1v) is 8.18. The van der Waals surface area contributed by atoms with Crippen LogP contribution in [0.15, 0.2) is 30.3 Å². The summed E-state index contributed by atoms with van der Waals surface area (Å²) in [5, 5.41) is 10.7. The van der Waals surface area contributed by atoms with Gasteiger partial charge < -0.3 is 14.5 Å². The summed E-state index contributed by atoms with van der Waals surface area (Å²) < 4.78 is 4.72. The number of non-ortho nitro benzene ring substituents is 1. The van der Waals surface area contributed by atoms with Crippen LogP contribution in [0.5, 0.6) is 0 Å². The molecular weight excluding hydrogens is 338 g/mol. The van der Waals surface area contributed by atoms with Crippen LogP contribution in [0.2, 0.25) is 0 Å². The molecule has 1 amide bonds. The monoisotopic (exact) mass is 363 g/mol. The molecule has 142 valence electrons. The average Bonchev–Trinajstić information content (AvgIpc) is 2.62. The summed E-state index contributed by atoms with van der Waals surface area (Å²) in [6, 6.07) is 5.91. The lowest BCUT2D eigenvalue weighted by molar-refractivity contribution is -0.384. The number of likely N-dealkylation sites (N-methyl/N-ethyl adjacent to an activating group) is 1. The highest BCUT2D eigenvalue weighted by Gasteiger charge is 2.20. The molecule has 1 rings (SSSR count). The highest BCUT2D eigenvalue weighted by atomic mass is 16.6. The van der Waals surface area contributed by atoms with Gasteiger partial charge in [0.15, 0.2) is 0 Å². The van der Waals surface area contributed by atoms with Crippen molar-refractivity contribution in [3.05, 3.63) is 46.0 Å². The Labute approximate surface area is 153 Å². The fourth-order valence-electron chi connectivity index (χ4n) is 2.20. The van der Waals surface area contributed by atoms with Crippen molar-refractivity contribution in [2.24, 2.45) is 5.92 Å². The minimum atomic E-state index is -0.476. The molecule has 0 aliphatic rings. The summed E-state index contributed by atoms with van der Waals surface area (Å²) in [6.07, 6.45) is 3.00. The van der Waals surface area contributed by atoms with Gasteiger partial charge in [-0.25, -0.2) is 0 Å². The lowest BCUT2D eigenvalue weighted by Gasteiger charge is -2.25. The smallest absolute Gasteiger partial charge is 0.310 e. The minimum absolute atomic E-state index is 0.00649. The van der Waals surface area contributed by atoms with Crippen LogP contribution in [-0.4, -0.2) is 67.4 Å². The molecule has 1 aromatic rings. The van der Waals surface area contributed by atoms with Crippen LogP contribution in [0.1, 0.15) is 12.5 Å². The number of nitro groups is 1. The molecule has 0 N–H and O–H groups in total. The van der Waals surface area contributed by atoms with Crippen LogP contribution >= 0.6 is 0 Å². The summed E-state index contributed by atoms with van der Waals surface area (Å²) in [4.78, 5) is 37.9. The zero-order chi connectivity index (χ0) is 19.7. The fraction of sp³-hybridized carbons (Fsp3) is 0.444. The van der Waals surface area contributed by atoms with Gasteiger partial charge in [-0.2, -0.15) is 0 Å². The molecule has 0 spiro atoms. The number of nitro benzene ring substituents is 1. The molecule has 8 nitrogen and oxygen atoms in total. The van der Waals surface area contributed by atoms with E-state index in [1.54, 1.807) is 30.0 Å². The highest BCUT2D eigenvalue weighted by molar-refractivity contribution is 5.92. The van der Waals surface area contributed by atoms with E-state index >= 15 is 0 Å². The highest BCUT2D eigenvalue weighted by Crippen LogP contribution is 2.13. The Morgan fingerprint density at radius 1 is 1.23 bits per heavy atom. The quantitative estimate of drug-likeness (QED) is 0.287. The third-order valence-electron chi connectivity index (χ3n) is 3.75. The maximum absolute atomic E-state index is 12.5. The summed E-state index contributed by atoms with van der Waals surface area (Å²) in [5.74, 6) is -1.04. The van der Waals surface area contributed by atoms with E-state index in [4.69, 9.17) is 4.74 Å². The predicted molar refractivity (Wildman–Crippen MR) is 98.4 cm³/mol. The average molecular weight is 363 g/mol. The Hall–Kier alpha value is -2.74. The van der Waals surface area contributed by atoms with Crippen molar-refractivity contribution >= 4 is 23.6 Å². The van der Waals surface area contributed by atoms with E-state index in [0.717, 1.165) is 0 Å². The molecule has 8 heteroatoms. The van der Waals surface area contributed by atoms with E-state index in [2.05, 4.69) is 0 Å². The van der Waals surface area contributed by atoms with E-state index in [1.165, 1.54) is 25.3 Å². The van der Waals surface area contributed by atoms with Gasteiger partial charge in [0.25, 0.3) is 5.69 Å². The van der Waals surface area contributed by atoms with Gasteiger partial charge in [0.05, 0.1) is 18.0 Å². The first-order valence-electron chi connectivity index (χ1n) is 8.18. The van der Waals surface area contributed by atoms with Crippen LogP contribution in [0.4, 0.5) is 5.69 Å². The second-order valence-electron chi connectivity index (χ2n) is 6.19. The van der Waals surface area contributed by atoms with Gasteiger partial charge in [-0.3, -0.25) is 19.7 Å². The largest absolute Gasteiger partial charge is 0.469 e. The summed E-state index contributed by atoms with van der Waals surface area (Å²) >= 11 is 0. The van der Waals surface area contributed by atoms with E-state index in [1.807, 2.05) is 19.0 Å². The van der Waals surface area contributed by atoms with Crippen LogP contribution in [0, 0.1) is 16.0 Å². The Bertz CT molecular complexity index is 655. The van der Waals surface area contributed by atoms with Crippen molar-refractivity contribution in [3.63, 3.8) is 0 Å². The Kier molecular flexibility index (Phi) is 8.44. The predicted octanol–water partition coefficient (Wildman–Crippen LogP) is 1.81. The molecule has 26 heavy (non-hydrogen) atoms. The first kappa shape index (κ1) is 21.3. The topological polar surface area (TPSA) is 93.0 Å². The van der Waals surface area contributed by atoms with Crippen molar-refractivity contribution in [3.8, 4) is 0 Å². The SMILES string of the molecule is COC(=O)C(C)CN(CCN(C)C)C(=O)/C=C/c1ccc([N+](=O)[O-])cc1. The molecule has 0 heterocycles. The second kappa shape index (κ2) is 10.3. The van der Waals surface area contributed by atoms with Gasteiger partial charge >= 0.3 is 5.97 Å². The van der Waals surface area contributed by atoms with E-state index in [-0.39, 0.29) is 24.1 Å². The van der Waals surface area contributed by atoms with Crippen molar-refractivity contribution < 1.29 is 19.2 Å². The zero-order valence-electron chi connectivity index (χ0n) is 15.5. The molecule has 1 atom stereocenters. The fourth-order valence-corrected chi connectivity index (χ4v) is 2.20. The number of benzene rings is 1. The number of hydrogen-bond donors (Lipinski definition) is 0. The lowest BCUT2D eigenvalue weighted by Crippen LogP contribution is -2.40. The first-order chi connectivity index (χ1) is 12.2. The number of carbonyl (C=O) groups is 2. The van der Waals surface area contributed by atoms with Gasteiger partial charge in [0, 0.05) is 37.8 Å².